The third kappa shape index (κ3) is 6.71. The maximum Gasteiger partial charge on any atom is 0.0788 e. The molecule has 0 N–H and O–H groups in total. The molecule has 0 aliphatic heterocycles. The third-order valence-corrected chi connectivity index (χ3v) is 15.1. The first kappa shape index (κ1) is 42.9. The van der Waals surface area contributed by atoms with Crippen LogP contribution in [0.1, 0.15) is 56.4 Å². The predicted molar refractivity (Wildman–Crippen MR) is 298 cm³/mol. The molecule has 0 unspecified atom stereocenters. The molecule has 0 saturated heterocycles. The maximum absolute atomic E-state index is 3.48. The molecule has 11 aromatic rings. The number of allylic oxidation sites excluding steroid dienone is 2. The molecule has 0 spiro atoms. The third-order valence-electron chi connectivity index (χ3n) is 15.1. The Kier molecular flexibility index (Phi) is 10.2. The standard InChI is InChI=1S/C62H47N3.C5H8/c1-61(2)54-21-13-11-19-48(54)50-32-29-46(38-56(50)61)64(47-30-33-51-49-20-12-14-22-55(49)62(3,4)57(51)39-47)45-27-23-40(24-28-45)42-26-34-58-53(37-42)52-31-25-41-35-36-63(43-15-7-5-8-16-43)59(41)60(52)65(58)44-17-9-6-10-18-44;1-3-5-4-2/h5-39H,1-4H3;3-4H,1-2,5H2. The van der Waals surface area contributed by atoms with Crippen LogP contribution in [0.5, 0.6) is 0 Å². The lowest BCUT2D eigenvalue weighted by Crippen LogP contribution is -2.18. The molecule has 13 rings (SSSR count). The van der Waals surface area contributed by atoms with Crippen molar-refractivity contribution in [3.8, 4) is 44.8 Å². The van der Waals surface area contributed by atoms with Crippen LogP contribution in [-0.2, 0) is 10.8 Å². The fourth-order valence-corrected chi connectivity index (χ4v) is 11.6. The number of hydrogen-bond donors (Lipinski definition) is 0. The molecule has 0 amide bonds. The van der Waals surface area contributed by atoms with E-state index in [-0.39, 0.29) is 10.8 Å². The molecule has 0 radical (unpaired) electrons. The smallest absolute Gasteiger partial charge is 0.0788 e. The maximum atomic E-state index is 3.48. The van der Waals surface area contributed by atoms with Gasteiger partial charge in [0.1, 0.15) is 0 Å². The molecule has 2 aliphatic carbocycles. The van der Waals surface area contributed by atoms with Gasteiger partial charge in [-0.2, -0.15) is 0 Å². The second-order valence-electron chi connectivity index (χ2n) is 19.8. The van der Waals surface area contributed by atoms with Crippen LogP contribution in [0.3, 0.4) is 0 Å². The number of anilines is 3. The fourth-order valence-electron chi connectivity index (χ4n) is 11.6. The lowest BCUT2D eigenvalue weighted by Gasteiger charge is -2.30. The van der Waals surface area contributed by atoms with Crippen LogP contribution in [0.2, 0.25) is 0 Å². The average molecular weight is 902 g/mol. The van der Waals surface area contributed by atoms with Gasteiger partial charge in [-0.1, -0.05) is 167 Å². The topological polar surface area (TPSA) is 13.1 Å². The van der Waals surface area contributed by atoms with Gasteiger partial charge in [-0.25, -0.2) is 0 Å². The minimum Gasteiger partial charge on any atom is -0.315 e. The Hall–Kier alpha value is -8.40. The zero-order chi connectivity index (χ0) is 47.7. The summed E-state index contributed by atoms with van der Waals surface area (Å²) >= 11 is 0. The molecule has 0 atom stereocenters. The summed E-state index contributed by atoms with van der Waals surface area (Å²) in [7, 11) is 0. The fraction of sp³-hybridized carbons (Fsp3) is 0.104. The number of aromatic nitrogens is 2. The zero-order valence-corrected chi connectivity index (χ0v) is 40.3. The van der Waals surface area contributed by atoms with E-state index in [0.717, 1.165) is 34.9 Å². The Morgan fingerprint density at radius 1 is 0.429 bits per heavy atom. The van der Waals surface area contributed by atoms with E-state index in [1.165, 1.54) is 88.3 Å². The molecule has 0 fully saturated rings. The molecule has 2 heterocycles. The van der Waals surface area contributed by atoms with Crippen molar-refractivity contribution in [1.82, 2.24) is 9.13 Å². The molecule has 2 aromatic heterocycles. The van der Waals surface area contributed by atoms with Crippen LogP contribution < -0.4 is 4.90 Å². The Labute approximate surface area is 411 Å². The monoisotopic (exact) mass is 901 g/mol. The lowest BCUT2D eigenvalue weighted by atomic mass is 9.82. The molecule has 9 aromatic carbocycles. The van der Waals surface area contributed by atoms with Gasteiger partial charge in [0.15, 0.2) is 0 Å². The average Bonchev–Trinajstić information content (AvgIpc) is 4.11. The van der Waals surface area contributed by atoms with Gasteiger partial charge in [-0.3, -0.25) is 0 Å². The summed E-state index contributed by atoms with van der Waals surface area (Å²) in [5.74, 6) is 0. The lowest BCUT2D eigenvalue weighted by molar-refractivity contribution is 0.660. The molecular weight excluding hydrogens is 847 g/mol. The molecule has 338 valence electrons. The van der Waals surface area contributed by atoms with Crippen LogP contribution >= 0.6 is 0 Å². The van der Waals surface area contributed by atoms with E-state index < -0.39 is 0 Å². The van der Waals surface area contributed by atoms with Crippen LogP contribution in [0.4, 0.5) is 17.1 Å². The van der Waals surface area contributed by atoms with Gasteiger partial charge in [0.05, 0.1) is 16.6 Å². The summed E-state index contributed by atoms with van der Waals surface area (Å²) in [4.78, 5) is 2.46. The van der Waals surface area contributed by atoms with E-state index in [4.69, 9.17) is 0 Å². The summed E-state index contributed by atoms with van der Waals surface area (Å²) in [6.07, 6.45) is 6.74. The van der Waals surface area contributed by atoms with E-state index in [2.05, 4.69) is 267 Å². The van der Waals surface area contributed by atoms with Crippen molar-refractivity contribution in [3.05, 3.63) is 260 Å². The summed E-state index contributed by atoms with van der Waals surface area (Å²) in [6, 6.07) is 76.6. The summed E-state index contributed by atoms with van der Waals surface area (Å²) in [5.41, 5.74) is 22.3. The summed E-state index contributed by atoms with van der Waals surface area (Å²) in [5, 5.41) is 3.69. The highest BCUT2D eigenvalue weighted by atomic mass is 15.1. The van der Waals surface area contributed by atoms with Gasteiger partial charge in [-0.15, -0.1) is 13.2 Å². The van der Waals surface area contributed by atoms with Crippen molar-refractivity contribution in [2.45, 2.75) is 44.9 Å². The van der Waals surface area contributed by atoms with Gasteiger partial charge < -0.3 is 14.0 Å². The molecule has 0 saturated carbocycles. The number of fused-ring (bicyclic) bond motifs is 11. The van der Waals surface area contributed by atoms with Gasteiger partial charge in [0.2, 0.25) is 0 Å². The highest BCUT2D eigenvalue weighted by molar-refractivity contribution is 6.19. The normalized spacial score (nSPS) is 13.5. The van der Waals surface area contributed by atoms with E-state index in [1.54, 1.807) is 0 Å². The van der Waals surface area contributed by atoms with Crippen LogP contribution in [-0.4, -0.2) is 9.13 Å². The number of benzene rings is 9. The molecule has 3 nitrogen and oxygen atoms in total. The van der Waals surface area contributed by atoms with Crippen LogP contribution in [0.25, 0.3) is 77.5 Å². The first-order valence-electron chi connectivity index (χ1n) is 24.5. The molecular formula is C67H55N3. The van der Waals surface area contributed by atoms with Crippen molar-refractivity contribution in [3.63, 3.8) is 0 Å². The van der Waals surface area contributed by atoms with Crippen molar-refractivity contribution >= 4 is 49.8 Å². The Bertz CT molecular complexity index is 3710. The Morgan fingerprint density at radius 2 is 0.943 bits per heavy atom. The van der Waals surface area contributed by atoms with Crippen LogP contribution in [0, 0.1) is 0 Å². The second kappa shape index (κ2) is 16.7. The van der Waals surface area contributed by atoms with E-state index >= 15 is 0 Å². The Morgan fingerprint density at radius 3 is 1.51 bits per heavy atom. The van der Waals surface area contributed by atoms with Crippen molar-refractivity contribution < 1.29 is 0 Å². The second-order valence-corrected chi connectivity index (χ2v) is 19.8. The molecule has 2 aliphatic rings. The molecule has 0 bridgehead atoms. The van der Waals surface area contributed by atoms with Crippen molar-refractivity contribution in [1.29, 1.82) is 0 Å². The SMILES string of the molecule is C=CCC=C.CC1(C)c2ccccc2-c2ccc(N(c3ccc(-c4ccc5c(c4)c4ccc6ccn(-c7ccccc7)c6c4n5-c4ccccc4)cc3)c3ccc4c(c3)C(C)(C)c3ccccc3-4)cc21. The quantitative estimate of drug-likeness (QED) is 0.139. The number of nitrogens with zero attached hydrogens (tertiary/aromatic N) is 3. The number of hydrogen-bond acceptors (Lipinski definition) is 1. The number of rotatable bonds is 8. The van der Waals surface area contributed by atoms with E-state index in [9.17, 15) is 0 Å². The van der Waals surface area contributed by atoms with E-state index in [1.807, 2.05) is 12.2 Å². The number of para-hydroxylation sites is 2. The van der Waals surface area contributed by atoms with Gasteiger partial charge in [0, 0.05) is 61.6 Å². The Balaban J connectivity index is 0.000000963. The summed E-state index contributed by atoms with van der Waals surface area (Å²) in [6.45, 7) is 16.4. The zero-order valence-electron chi connectivity index (χ0n) is 40.3. The van der Waals surface area contributed by atoms with Crippen molar-refractivity contribution in [2.75, 3.05) is 4.90 Å². The highest BCUT2D eigenvalue weighted by Gasteiger charge is 2.37. The van der Waals surface area contributed by atoms with Gasteiger partial charge in [-0.05, 0) is 141 Å². The largest absolute Gasteiger partial charge is 0.315 e. The first-order valence-corrected chi connectivity index (χ1v) is 24.5. The van der Waals surface area contributed by atoms with Gasteiger partial charge >= 0.3 is 0 Å². The van der Waals surface area contributed by atoms with Crippen molar-refractivity contribution in [2.24, 2.45) is 0 Å². The van der Waals surface area contributed by atoms with Gasteiger partial charge in [0.25, 0.3) is 0 Å². The highest BCUT2D eigenvalue weighted by Crippen LogP contribution is 2.53. The van der Waals surface area contributed by atoms with Crippen LogP contribution in [0.15, 0.2) is 238 Å². The predicted octanol–water partition coefficient (Wildman–Crippen LogP) is 18.2. The molecule has 70 heavy (non-hydrogen) atoms. The minimum absolute atomic E-state index is 0.113. The molecule has 3 heteroatoms. The van der Waals surface area contributed by atoms with E-state index in [0.29, 0.717) is 0 Å². The first-order chi connectivity index (χ1) is 34.2. The summed E-state index contributed by atoms with van der Waals surface area (Å²) < 4.78 is 4.78. The minimum atomic E-state index is -0.113.